The van der Waals surface area contributed by atoms with Gasteiger partial charge in [0.05, 0.1) is 16.6 Å². The van der Waals surface area contributed by atoms with Crippen molar-refractivity contribution in [2.45, 2.75) is 31.3 Å². The van der Waals surface area contributed by atoms with Gasteiger partial charge in [-0.05, 0) is 32.9 Å². The summed E-state index contributed by atoms with van der Waals surface area (Å²) in [7, 11) is 0. The zero-order chi connectivity index (χ0) is 10.6. The van der Waals surface area contributed by atoms with Gasteiger partial charge in [0.2, 0.25) is 0 Å². The minimum atomic E-state index is -0.0890. The highest BCUT2D eigenvalue weighted by Gasteiger charge is 2.10. The maximum absolute atomic E-state index is 6.00. The molecule has 1 aromatic carbocycles. The maximum atomic E-state index is 6.00. The Morgan fingerprint density at radius 1 is 1.29 bits per heavy atom. The molecule has 0 atom stereocenters. The van der Waals surface area contributed by atoms with Crippen LogP contribution in [0, 0.1) is 0 Å². The lowest BCUT2D eigenvalue weighted by molar-refractivity contribution is 0.0288. The van der Waals surface area contributed by atoms with Crippen molar-refractivity contribution in [2.75, 3.05) is 5.94 Å². The van der Waals surface area contributed by atoms with Crippen LogP contribution >= 0.6 is 23.4 Å². The Morgan fingerprint density at radius 2 is 1.93 bits per heavy atom. The van der Waals surface area contributed by atoms with Gasteiger partial charge in [-0.15, -0.1) is 0 Å². The first-order valence-corrected chi connectivity index (χ1v) is 5.87. The molecule has 0 aliphatic heterocycles. The largest absolute Gasteiger partial charge is 0.365 e. The van der Waals surface area contributed by atoms with Crippen molar-refractivity contribution in [2.24, 2.45) is 0 Å². The van der Waals surface area contributed by atoms with Crippen molar-refractivity contribution >= 4 is 23.4 Å². The highest BCUT2D eigenvalue weighted by Crippen LogP contribution is 2.27. The third-order valence-corrected chi connectivity index (χ3v) is 2.89. The van der Waals surface area contributed by atoms with E-state index in [-0.39, 0.29) is 5.60 Å². The first kappa shape index (κ1) is 11.9. The molecule has 0 aromatic heterocycles. The van der Waals surface area contributed by atoms with E-state index in [1.165, 1.54) is 0 Å². The molecule has 0 spiro atoms. The van der Waals surface area contributed by atoms with Gasteiger partial charge in [0.25, 0.3) is 0 Å². The summed E-state index contributed by atoms with van der Waals surface area (Å²) in [6, 6.07) is 7.79. The molecule has 0 radical (unpaired) electrons. The van der Waals surface area contributed by atoms with Crippen LogP contribution in [0.4, 0.5) is 0 Å². The lowest BCUT2D eigenvalue weighted by atomic mass is 10.2. The molecule has 3 heteroatoms. The lowest BCUT2D eigenvalue weighted by Gasteiger charge is -2.19. The third-order valence-electron chi connectivity index (χ3n) is 1.54. The minimum Gasteiger partial charge on any atom is -0.365 e. The van der Waals surface area contributed by atoms with Gasteiger partial charge >= 0.3 is 0 Å². The zero-order valence-electron chi connectivity index (χ0n) is 8.71. The van der Waals surface area contributed by atoms with Crippen molar-refractivity contribution in [3.63, 3.8) is 0 Å². The molecule has 0 saturated heterocycles. The summed E-state index contributed by atoms with van der Waals surface area (Å²) >= 11 is 7.62. The fraction of sp³-hybridized carbons (Fsp3) is 0.455. The van der Waals surface area contributed by atoms with Crippen LogP contribution in [0.3, 0.4) is 0 Å². The quantitative estimate of drug-likeness (QED) is 0.569. The Morgan fingerprint density at radius 3 is 2.50 bits per heavy atom. The van der Waals surface area contributed by atoms with Gasteiger partial charge in [-0.1, -0.05) is 35.5 Å². The van der Waals surface area contributed by atoms with E-state index in [9.17, 15) is 0 Å². The van der Waals surface area contributed by atoms with Crippen LogP contribution in [0.2, 0.25) is 5.02 Å². The van der Waals surface area contributed by atoms with Crippen molar-refractivity contribution in [3.8, 4) is 0 Å². The van der Waals surface area contributed by atoms with Gasteiger partial charge in [0, 0.05) is 4.90 Å². The number of ether oxygens (including phenoxy) is 1. The molecule has 0 bridgehead atoms. The second-order valence-corrected chi connectivity index (χ2v) is 5.32. The van der Waals surface area contributed by atoms with E-state index >= 15 is 0 Å². The molecule has 0 N–H and O–H groups in total. The van der Waals surface area contributed by atoms with E-state index < -0.39 is 0 Å². The smallest absolute Gasteiger partial charge is 0.0974 e. The van der Waals surface area contributed by atoms with Crippen LogP contribution in [0.1, 0.15) is 20.8 Å². The van der Waals surface area contributed by atoms with Crippen molar-refractivity contribution in [3.05, 3.63) is 29.3 Å². The minimum absolute atomic E-state index is 0.0890. The van der Waals surface area contributed by atoms with E-state index in [0.717, 1.165) is 9.92 Å². The van der Waals surface area contributed by atoms with Crippen molar-refractivity contribution < 1.29 is 4.74 Å². The summed E-state index contributed by atoms with van der Waals surface area (Å²) in [6.07, 6.45) is 0. The summed E-state index contributed by atoms with van der Waals surface area (Å²) in [5, 5.41) is 0.787. The average Bonchev–Trinajstić information content (AvgIpc) is 2.06. The number of benzene rings is 1. The number of hydrogen-bond acceptors (Lipinski definition) is 2. The summed E-state index contributed by atoms with van der Waals surface area (Å²) in [6.45, 7) is 6.13. The molecule has 14 heavy (non-hydrogen) atoms. The van der Waals surface area contributed by atoms with Gasteiger partial charge in [0.1, 0.15) is 0 Å². The van der Waals surface area contributed by atoms with E-state index in [4.69, 9.17) is 16.3 Å². The molecule has 0 saturated carbocycles. The SMILES string of the molecule is CC(C)(C)OCSc1ccccc1Cl. The summed E-state index contributed by atoms with van der Waals surface area (Å²) in [5.41, 5.74) is -0.0890. The predicted octanol–water partition coefficient (Wildman–Crippen LogP) is 4.20. The molecule has 78 valence electrons. The summed E-state index contributed by atoms with van der Waals surface area (Å²) < 4.78 is 5.59. The molecule has 1 rings (SSSR count). The number of rotatable bonds is 3. The van der Waals surface area contributed by atoms with E-state index in [0.29, 0.717) is 5.94 Å². The van der Waals surface area contributed by atoms with Gasteiger partial charge in [0.15, 0.2) is 0 Å². The van der Waals surface area contributed by atoms with Crippen LogP contribution in [0.25, 0.3) is 0 Å². The summed E-state index contributed by atoms with van der Waals surface area (Å²) in [4.78, 5) is 1.07. The van der Waals surface area contributed by atoms with Gasteiger partial charge in [-0.3, -0.25) is 0 Å². The Balaban J connectivity index is 2.43. The first-order chi connectivity index (χ1) is 6.49. The van der Waals surface area contributed by atoms with Gasteiger partial charge < -0.3 is 4.74 Å². The molecule has 0 heterocycles. The average molecular weight is 231 g/mol. The molecule has 0 amide bonds. The van der Waals surface area contributed by atoms with Crippen LogP contribution in [-0.4, -0.2) is 11.5 Å². The standard InChI is InChI=1S/C11H15ClOS/c1-11(2,3)13-8-14-10-7-5-4-6-9(10)12/h4-7H,8H2,1-3H3. The molecule has 1 aromatic rings. The van der Waals surface area contributed by atoms with Crippen LogP contribution < -0.4 is 0 Å². The number of thioether (sulfide) groups is 1. The van der Waals surface area contributed by atoms with Gasteiger partial charge in [-0.2, -0.15) is 0 Å². The number of hydrogen-bond donors (Lipinski definition) is 0. The van der Waals surface area contributed by atoms with Crippen LogP contribution in [-0.2, 0) is 4.74 Å². The summed E-state index contributed by atoms with van der Waals surface area (Å²) in [5.74, 6) is 0.632. The Labute approximate surface area is 94.8 Å². The van der Waals surface area contributed by atoms with E-state index in [2.05, 4.69) is 0 Å². The fourth-order valence-corrected chi connectivity index (χ4v) is 2.05. The molecule has 0 aliphatic rings. The van der Waals surface area contributed by atoms with Crippen LogP contribution in [0.15, 0.2) is 29.2 Å². The highest BCUT2D eigenvalue weighted by atomic mass is 35.5. The topological polar surface area (TPSA) is 9.23 Å². The maximum Gasteiger partial charge on any atom is 0.0974 e. The first-order valence-electron chi connectivity index (χ1n) is 4.50. The predicted molar refractivity (Wildman–Crippen MR) is 63.0 cm³/mol. The van der Waals surface area contributed by atoms with E-state index in [1.54, 1.807) is 11.8 Å². The molecular weight excluding hydrogens is 216 g/mol. The number of halogens is 1. The van der Waals surface area contributed by atoms with E-state index in [1.807, 2.05) is 45.0 Å². The second-order valence-electron chi connectivity index (χ2n) is 3.95. The zero-order valence-corrected chi connectivity index (χ0v) is 10.3. The lowest BCUT2D eigenvalue weighted by Crippen LogP contribution is -2.18. The molecule has 0 aliphatic carbocycles. The van der Waals surface area contributed by atoms with Crippen molar-refractivity contribution in [1.82, 2.24) is 0 Å². The van der Waals surface area contributed by atoms with Crippen molar-refractivity contribution in [1.29, 1.82) is 0 Å². The third kappa shape index (κ3) is 4.36. The Kier molecular flexibility index (Phi) is 4.30. The normalized spacial score (nSPS) is 11.7. The molecule has 1 nitrogen and oxygen atoms in total. The fourth-order valence-electron chi connectivity index (χ4n) is 0.832. The second kappa shape index (κ2) is 5.06. The monoisotopic (exact) mass is 230 g/mol. The molecule has 0 unspecified atom stereocenters. The highest BCUT2D eigenvalue weighted by molar-refractivity contribution is 7.99. The van der Waals surface area contributed by atoms with Crippen LogP contribution in [0.5, 0.6) is 0 Å². The Hall–Kier alpha value is -0.180. The Bertz CT molecular complexity index is 294. The van der Waals surface area contributed by atoms with Gasteiger partial charge in [-0.25, -0.2) is 0 Å². The molecule has 0 fully saturated rings. The molecular formula is C11H15ClOS.